The van der Waals surface area contributed by atoms with Crippen LogP contribution in [0.4, 0.5) is 10.5 Å². The van der Waals surface area contributed by atoms with Crippen molar-refractivity contribution in [3.63, 3.8) is 0 Å². The van der Waals surface area contributed by atoms with E-state index in [2.05, 4.69) is 10.7 Å². The van der Waals surface area contributed by atoms with Gasteiger partial charge in [0.05, 0.1) is 7.11 Å². The molecule has 3 aromatic rings. The normalized spacial score (nSPS) is 11.7. The molecule has 0 bridgehead atoms. The highest BCUT2D eigenvalue weighted by molar-refractivity contribution is 5.87. The summed E-state index contributed by atoms with van der Waals surface area (Å²) in [5, 5.41) is 3.94. The van der Waals surface area contributed by atoms with Crippen LogP contribution in [0.1, 0.15) is 31.4 Å². The molecule has 0 saturated heterocycles. The number of hydrogen-bond acceptors (Lipinski definition) is 7. The molecule has 0 aliphatic carbocycles. The highest BCUT2D eigenvalue weighted by Crippen LogP contribution is 2.21. The maximum atomic E-state index is 13.3. The molecule has 3 rings (SSSR count). The minimum Gasteiger partial charge on any atom is -0.490 e. The lowest BCUT2D eigenvalue weighted by Gasteiger charge is -2.29. The van der Waals surface area contributed by atoms with Crippen molar-refractivity contribution in [3.05, 3.63) is 92.2 Å². The molecule has 0 unspecified atom stereocenters. The van der Waals surface area contributed by atoms with Gasteiger partial charge < -0.3 is 14.8 Å². The molecule has 0 aliphatic rings. The lowest BCUT2D eigenvalue weighted by molar-refractivity contribution is -0.123. The summed E-state index contributed by atoms with van der Waals surface area (Å²) in [6, 6.07) is 17.8. The van der Waals surface area contributed by atoms with Crippen LogP contribution >= 0.6 is 0 Å². The summed E-state index contributed by atoms with van der Waals surface area (Å²) < 4.78 is 10.4. The summed E-state index contributed by atoms with van der Waals surface area (Å²) in [6.07, 6.45) is 0.0916. The number of anilines is 1. The second-order valence-electron chi connectivity index (χ2n) is 8.79. The van der Waals surface area contributed by atoms with Gasteiger partial charge in [0.1, 0.15) is 12.6 Å². The number of nitrogens with one attached hydrogen (secondary N) is 2. The fourth-order valence-electron chi connectivity index (χ4n) is 3.72. The topological polar surface area (TPSA) is 114 Å². The van der Waals surface area contributed by atoms with Crippen LogP contribution in [0.5, 0.6) is 5.75 Å². The van der Waals surface area contributed by atoms with Gasteiger partial charge in [0.2, 0.25) is 0 Å². The highest BCUT2D eigenvalue weighted by Gasteiger charge is 2.31. The minimum absolute atomic E-state index is 0.0123. The molecule has 2 N–H and O–H groups in total. The van der Waals surface area contributed by atoms with E-state index in [4.69, 9.17) is 9.47 Å². The van der Waals surface area contributed by atoms with Crippen LogP contribution in [0.15, 0.2) is 70.3 Å². The monoisotopic (exact) mass is 493 g/mol. The number of amides is 2. The number of carbonyl (C=O) groups is 2. The Kier molecular flexibility index (Phi) is 9.21. The molecule has 190 valence electrons. The second kappa shape index (κ2) is 12.5. The molecule has 0 fully saturated rings. The Morgan fingerprint density at radius 1 is 0.917 bits per heavy atom. The SMILES string of the molecule is COc1c(N(CCc2ccccc2)NC(=O)[C@H](CC(C)C)NC(=O)OCc2ccccc2)c(=O)c1=O. The first-order chi connectivity index (χ1) is 17.3. The Hall–Kier alpha value is -4.14. The number of alkyl carbamates (subject to hydrolysis) is 1. The van der Waals surface area contributed by atoms with Crippen molar-refractivity contribution < 1.29 is 19.1 Å². The Bertz CT molecular complexity index is 1220. The van der Waals surface area contributed by atoms with Gasteiger partial charge in [-0.1, -0.05) is 74.5 Å². The van der Waals surface area contributed by atoms with Crippen LogP contribution in [0.2, 0.25) is 0 Å². The van der Waals surface area contributed by atoms with Crippen molar-refractivity contribution in [1.82, 2.24) is 10.7 Å². The molecule has 2 amide bonds. The molecule has 9 nitrogen and oxygen atoms in total. The van der Waals surface area contributed by atoms with Crippen LogP contribution in [0.25, 0.3) is 0 Å². The first kappa shape index (κ1) is 26.5. The van der Waals surface area contributed by atoms with Crippen molar-refractivity contribution >= 4 is 17.7 Å². The molecule has 0 saturated carbocycles. The molecule has 0 aromatic heterocycles. The van der Waals surface area contributed by atoms with Gasteiger partial charge in [-0.15, -0.1) is 0 Å². The average Bonchev–Trinajstić information content (AvgIpc) is 2.88. The van der Waals surface area contributed by atoms with Gasteiger partial charge in [-0.2, -0.15) is 0 Å². The predicted octanol–water partition coefficient (Wildman–Crippen LogP) is 2.71. The van der Waals surface area contributed by atoms with E-state index in [0.717, 1.165) is 11.1 Å². The van der Waals surface area contributed by atoms with Gasteiger partial charge in [0.25, 0.3) is 16.8 Å². The summed E-state index contributed by atoms with van der Waals surface area (Å²) in [7, 11) is 1.29. The maximum Gasteiger partial charge on any atom is 0.408 e. The zero-order valence-electron chi connectivity index (χ0n) is 20.7. The largest absolute Gasteiger partial charge is 0.490 e. The molecule has 0 spiro atoms. The molecule has 0 radical (unpaired) electrons. The van der Waals surface area contributed by atoms with E-state index in [-0.39, 0.29) is 30.5 Å². The maximum absolute atomic E-state index is 13.3. The Labute approximate surface area is 209 Å². The van der Waals surface area contributed by atoms with Crippen LogP contribution in [0, 0.1) is 5.92 Å². The minimum atomic E-state index is -0.926. The van der Waals surface area contributed by atoms with Gasteiger partial charge in [0.15, 0.2) is 11.4 Å². The van der Waals surface area contributed by atoms with Gasteiger partial charge in [-0.25, -0.2) is 4.79 Å². The van der Waals surface area contributed by atoms with Gasteiger partial charge >= 0.3 is 6.09 Å². The van der Waals surface area contributed by atoms with Crippen LogP contribution in [0.3, 0.4) is 0 Å². The van der Waals surface area contributed by atoms with Crippen molar-refractivity contribution in [2.45, 2.75) is 39.3 Å². The van der Waals surface area contributed by atoms with E-state index in [0.29, 0.717) is 12.8 Å². The quantitative estimate of drug-likeness (QED) is 0.295. The Balaban J connectivity index is 1.73. The molecule has 3 aromatic carbocycles. The lowest BCUT2D eigenvalue weighted by atomic mass is 10.0. The summed E-state index contributed by atoms with van der Waals surface area (Å²) in [5.41, 5.74) is 3.01. The van der Waals surface area contributed by atoms with Crippen molar-refractivity contribution in [3.8, 4) is 5.75 Å². The lowest BCUT2D eigenvalue weighted by Crippen LogP contribution is -2.56. The van der Waals surface area contributed by atoms with E-state index in [1.807, 2.05) is 74.5 Å². The molecule has 0 aliphatic heterocycles. The van der Waals surface area contributed by atoms with Crippen LogP contribution in [-0.4, -0.2) is 31.7 Å². The highest BCUT2D eigenvalue weighted by atomic mass is 16.5. The number of hydrogen-bond donors (Lipinski definition) is 2. The van der Waals surface area contributed by atoms with Gasteiger partial charge in [-0.05, 0) is 29.9 Å². The zero-order valence-corrected chi connectivity index (χ0v) is 20.7. The fourth-order valence-corrected chi connectivity index (χ4v) is 3.72. The van der Waals surface area contributed by atoms with Crippen molar-refractivity contribution in [2.75, 3.05) is 18.7 Å². The van der Waals surface area contributed by atoms with E-state index in [1.165, 1.54) is 12.1 Å². The van der Waals surface area contributed by atoms with E-state index < -0.39 is 28.9 Å². The summed E-state index contributed by atoms with van der Waals surface area (Å²) in [5.74, 6) is -0.568. The molecular formula is C27H31N3O6. The first-order valence-corrected chi connectivity index (χ1v) is 11.8. The third kappa shape index (κ3) is 6.94. The number of benzene rings is 2. The summed E-state index contributed by atoms with van der Waals surface area (Å²) in [4.78, 5) is 50.0. The molecular weight excluding hydrogens is 462 g/mol. The van der Waals surface area contributed by atoms with Gasteiger partial charge in [-0.3, -0.25) is 24.8 Å². The van der Waals surface area contributed by atoms with Crippen LogP contribution < -0.4 is 31.3 Å². The molecule has 1 atom stereocenters. The van der Waals surface area contributed by atoms with E-state index in [9.17, 15) is 19.2 Å². The van der Waals surface area contributed by atoms with Crippen molar-refractivity contribution in [1.29, 1.82) is 0 Å². The fraction of sp³-hybridized carbons (Fsp3) is 0.333. The second-order valence-corrected chi connectivity index (χ2v) is 8.79. The summed E-state index contributed by atoms with van der Waals surface area (Å²) in [6.45, 7) is 4.12. The number of methoxy groups -OCH3 is 1. The smallest absolute Gasteiger partial charge is 0.408 e. The standard InChI is InChI=1S/C27H31N3O6/c1-18(2)16-21(28-27(34)36-17-20-12-8-5-9-13-20)26(33)29-30(15-14-19-10-6-4-7-11-19)22-23(31)24(32)25(22)35-3/h4-13,18,21H,14-17H2,1-3H3,(H,28,34)(H,29,33)/t21-/m0/s1. The number of carbonyl (C=O) groups excluding carboxylic acids is 2. The number of ether oxygens (including phenoxy) is 2. The summed E-state index contributed by atoms with van der Waals surface area (Å²) >= 11 is 0. The van der Waals surface area contributed by atoms with Gasteiger partial charge in [0, 0.05) is 6.54 Å². The third-order valence-electron chi connectivity index (χ3n) is 5.56. The molecule has 9 heteroatoms. The number of rotatable bonds is 12. The van der Waals surface area contributed by atoms with Crippen LogP contribution in [-0.2, 0) is 22.6 Å². The first-order valence-electron chi connectivity index (χ1n) is 11.8. The van der Waals surface area contributed by atoms with Crippen molar-refractivity contribution in [2.24, 2.45) is 5.92 Å². The molecule has 36 heavy (non-hydrogen) atoms. The van der Waals surface area contributed by atoms with E-state index in [1.54, 1.807) is 0 Å². The average molecular weight is 494 g/mol. The molecule has 0 heterocycles. The Morgan fingerprint density at radius 3 is 2.11 bits per heavy atom. The Morgan fingerprint density at radius 2 is 1.53 bits per heavy atom. The number of nitrogens with zero attached hydrogens (tertiary/aromatic N) is 1. The predicted molar refractivity (Wildman–Crippen MR) is 137 cm³/mol. The zero-order chi connectivity index (χ0) is 26.1. The number of hydrazine groups is 1. The van der Waals surface area contributed by atoms with E-state index >= 15 is 0 Å². The third-order valence-corrected chi connectivity index (χ3v) is 5.56.